The Balaban J connectivity index is 1.72. The fourth-order valence-electron chi connectivity index (χ4n) is 1.84. The van der Waals surface area contributed by atoms with Crippen LogP contribution in [-0.4, -0.2) is 10.2 Å². The lowest BCUT2D eigenvalue weighted by Crippen LogP contribution is -2.02. The highest BCUT2D eigenvalue weighted by molar-refractivity contribution is 5.52. The van der Waals surface area contributed by atoms with Crippen molar-refractivity contribution in [3.05, 3.63) is 65.8 Å². The standard InChI is InChI=1S/C15H10F3N3O/c16-10-3-1-9(2-4-10)15-21-20-14(22-15)8-19-13-7-11(17)5-6-12(13)18/h1-7,19H,8H2. The molecule has 0 unspecified atom stereocenters. The Morgan fingerprint density at radius 2 is 1.64 bits per heavy atom. The van der Waals surface area contributed by atoms with Crippen LogP contribution in [0.25, 0.3) is 11.5 Å². The van der Waals surface area contributed by atoms with Crippen molar-refractivity contribution in [2.45, 2.75) is 6.54 Å². The summed E-state index contributed by atoms with van der Waals surface area (Å²) in [5.74, 6) is -1.09. The Morgan fingerprint density at radius 1 is 0.909 bits per heavy atom. The molecule has 0 aliphatic rings. The van der Waals surface area contributed by atoms with Crippen LogP contribution in [0.4, 0.5) is 18.9 Å². The molecule has 3 rings (SSSR count). The zero-order valence-electron chi connectivity index (χ0n) is 11.2. The minimum Gasteiger partial charge on any atom is -0.419 e. The van der Waals surface area contributed by atoms with E-state index in [4.69, 9.17) is 4.42 Å². The van der Waals surface area contributed by atoms with Crippen LogP contribution >= 0.6 is 0 Å². The van der Waals surface area contributed by atoms with Gasteiger partial charge >= 0.3 is 0 Å². The van der Waals surface area contributed by atoms with Crippen LogP contribution in [0.15, 0.2) is 46.9 Å². The largest absolute Gasteiger partial charge is 0.419 e. The van der Waals surface area contributed by atoms with Crippen LogP contribution in [0.3, 0.4) is 0 Å². The third kappa shape index (κ3) is 3.08. The summed E-state index contributed by atoms with van der Waals surface area (Å²) >= 11 is 0. The molecule has 1 heterocycles. The number of nitrogens with one attached hydrogen (secondary N) is 1. The van der Waals surface area contributed by atoms with E-state index in [2.05, 4.69) is 15.5 Å². The van der Waals surface area contributed by atoms with Gasteiger partial charge < -0.3 is 9.73 Å². The van der Waals surface area contributed by atoms with Crippen molar-refractivity contribution in [1.82, 2.24) is 10.2 Å². The van der Waals surface area contributed by atoms with E-state index >= 15 is 0 Å². The summed E-state index contributed by atoms with van der Waals surface area (Å²) in [4.78, 5) is 0. The Morgan fingerprint density at radius 3 is 2.41 bits per heavy atom. The Kier molecular flexibility index (Phi) is 3.78. The average molecular weight is 305 g/mol. The lowest BCUT2D eigenvalue weighted by atomic mass is 10.2. The van der Waals surface area contributed by atoms with Gasteiger partial charge in [-0.2, -0.15) is 0 Å². The molecule has 1 aromatic heterocycles. The summed E-state index contributed by atoms with van der Waals surface area (Å²) in [5, 5.41) is 10.3. The van der Waals surface area contributed by atoms with E-state index in [-0.39, 0.29) is 29.8 Å². The zero-order chi connectivity index (χ0) is 15.5. The van der Waals surface area contributed by atoms with E-state index in [1.165, 1.54) is 24.3 Å². The van der Waals surface area contributed by atoms with Crippen molar-refractivity contribution in [3.63, 3.8) is 0 Å². The lowest BCUT2D eigenvalue weighted by molar-refractivity contribution is 0.513. The lowest BCUT2D eigenvalue weighted by Gasteiger charge is -2.04. The van der Waals surface area contributed by atoms with E-state index in [1.807, 2.05) is 0 Å². The number of rotatable bonds is 4. The number of benzene rings is 2. The van der Waals surface area contributed by atoms with Gasteiger partial charge in [0.05, 0.1) is 12.2 Å². The van der Waals surface area contributed by atoms with Crippen LogP contribution in [0.5, 0.6) is 0 Å². The molecule has 0 saturated heterocycles. The Hall–Kier alpha value is -2.83. The Labute approximate surface area is 123 Å². The number of aromatic nitrogens is 2. The molecule has 2 aromatic carbocycles. The molecule has 0 saturated carbocycles. The number of anilines is 1. The molecule has 7 heteroatoms. The summed E-state index contributed by atoms with van der Waals surface area (Å²) in [6.45, 7) is 0.0363. The second kappa shape index (κ2) is 5.88. The first-order valence-electron chi connectivity index (χ1n) is 6.39. The molecule has 0 bridgehead atoms. The summed E-state index contributed by atoms with van der Waals surface area (Å²) in [6.07, 6.45) is 0. The van der Waals surface area contributed by atoms with Crippen LogP contribution in [-0.2, 0) is 6.54 Å². The van der Waals surface area contributed by atoms with Crippen LogP contribution < -0.4 is 5.32 Å². The van der Waals surface area contributed by atoms with Crippen molar-refractivity contribution in [2.24, 2.45) is 0 Å². The average Bonchev–Trinajstić information content (AvgIpc) is 2.98. The highest BCUT2D eigenvalue weighted by Crippen LogP contribution is 2.20. The molecule has 3 aromatic rings. The van der Waals surface area contributed by atoms with Gasteiger partial charge in [-0.15, -0.1) is 10.2 Å². The van der Waals surface area contributed by atoms with Gasteiger partial charge in [-0.05, 0) is 42.5 Å². The van der Waals surface area contributed by atoms with E-state index < -0.39 is 11.6 Å². The molecule has 0 spiro atoms. The molecule has 0 aliphatic heterocycles. The second-order valence-corrected chi connectivity index (χ2v) is 4.49. The van der Waals surface area contributed by atoms with E-state index in [9.17, 15) is 13.2 Å². The minimum absolute atomic E-state index is 0.00142. The molecule has 1 N–H and O–H groups in total. The predicted octanol–water partition coefficient (Wildman–Crippen LogP) is 3.77. The topological polar surface area (TPSA) is 51.0 Å². The monoisotopic (exact) mass is 305 g/mol. The van der Waals surface area contributed by atoms with Crippen LogP contribution in [0.2, 0.25) is 0 Å². The number of nitrogens with zero attached hydrogens (tertiary/aromatic N) is 2. The maximum absolute atomic E-state index is 13.4. The van der Waals surface area contributed by atoms with Gasteiger partial charge in [-0.3, -0.25) is 0 Å². The first-order chi connectivity index (χ1) is 10.6. The normalized spacial score (nSPS) is 10.7. The molecule has 22 heavy (non-hydrogen) atoms. The van der Waals surface area contributed by atoms with Crippen molar-refractivity contribution in [1.29, 1.82) is 0 Å². The fourth-order valence-corrected chi connectivity index (χ4v) is 1.84. The molecular formula is C15H10F3N3O. The van der Waals surface area contributed by atoms with E-state index in [0.29, 0.717) is 5.56 Å². The number of hydrogen-bond donors (Lipinski definition) is 1. The van der Waals surface area contributed by atoms with Crippen molar-refractivity contribution >= 4 is 5.69 Å². The molecule has 0 radical (unpaired) electrons. The quantitative estimate of drug-likeness (QED) is 0.797. The summed E-state index contributed by atoms with van der Waals surface area (Å²) in [7, 11) is 0. The highest BCUT2D eigenvalue weighted by Gasteiger charge is 2.10. The van der Waals surface area contributed by atoms with Crippen molar-refractivity contribution in [2.75, 3.05) is 5.32 Å². The molecule has 112 valence electrons. The third-order valence-electron chi connectivity index (χ3n) is 2.92. The summed E-state index contributed by atoms with van der Waals surface area (Å²) in [5.41, 5.74) is 0.568. The fraction of sp³-hybridized carbons (Fsp3) is 0.0667. The van der Waals surface area contributed by atoms with Gasteiger partial charge in [0.15, 0.2) is 0 Å². The molecule has 4 nitrogen and oxygen atoms in total. The van der Waals surface area contributed by atoms with Gasteiger partial charge in [0.25, 0.3) is 0 Å². The molecule has 0 amide bonds. The molecule has 0 atom stereocenters. The molecule has 0 aliphatic carbocycles. The Bertz CT molecular complexity index is 787. The van der Waals surface area contributed by atoms with Crippen molar-refractivity contribution < 1.29 is 17.6 Å². The van der Waals surface area contributed by atoms with E-state index in [0.717, 1.165) is 18.2 Å². The molecular weight excluding hydrogens is 295 g/mol. The maximum atomic E-state index is 13.4. The van der Waals surface area contributed by atoms with Crippen LogP contribution in [0, 0.1) is 17.5 Å². The van der Waals surface area contributed by atoms with E-state index in [1.54, 1.807) is 0 Å². The van der Waals surface area contributed by atoms with Gasteiger partial charge in [-0.1, -0.05) is 0 Å². The van der Waals surface area contributed by atoms with Gasteiger partial charge in [0, 0.05) is 5.56 Å². The van der Waals surface area contributed by atoms with Crippen LogP contribution in [0.1, 0.15) is 5.89 Å². The summed E-state index contributed by atoms with van der Waals surface area (Å²) < 4.78 is 44.7. The first-order valence-corrected chi connectivity index (χ1v) is 6.39. The maximum Gasteiger partial charge on any atom is 0.247 e. The number of hydrogen-bond acceptors (Lipinski definition) is 4. The summed E-state index contributed by atoms with van der Waals surface area (Å²) in [6, 6.07) is 8.65. The highest BCUT2D eigenvalue weighted by atomic mass is 19.1. The SMILES string of the molecule is Fc1ccc(-c2nnc(CNc3cc(F)ccc3F)o2)cc1. The minimum atomic E-state index is -0.584. The first kappa shape index (κ1) is 14.1. The van der Waals surface area contributed by atoms with Gasteiger partial charge in [-0.25, -0.2) is 13.2 Å². The van der Waals surface area contributed by atoms with Crippen molar-refractivity contribution in [3.8, 4) is 11.5 Å². The second-order valence-electron chi connectivity index (χ2n) is 4.49. The van der Waals surface area contributed by atoms with Gasteiger partial charge in [0.2, 0.25) is 11.8 Å². The molecule has 0 fully saturated rings. The predicted molar refractivity (Wildman–Crippen MR) is 73.4 cm³/mol. The smallest absolute Gasteiger partial charge is 0.247 e. The number of halogens is 3. The van der Waals surface area contributed by atoms with Gasteiger partial charge in [0.1, 0.15) is 17.5 Å². The zero-order valence-corrected chi connectivity index (χ0v) is 11.2. The third-order valence-corrected chi connectivity index (χ3v) is 2.92.